The molecule has 3 aromatic rings. The number of hydrogen-bond donors (Lipinski definition) is 2. The molecule has 0 spiro atoms. The van der Waals surface area contributed by atoms with Crippen LogP contribution in [0.2, 0.25) is 5.02 Å². The predicted molar refractivity (Wildman–Crippen MR) is 83.5 cm³/mol. The minimum absolute atomic E-state index is 0.312. The Morgan fingerprint density at radius 2 is 2.19 bits per heavy atom. The Morgan fingerprint density at radius 3 is 2.95 bits per heavy atom. The van der Waals surface area contributed by atoms with Crippen molar-refractivity contribution in [3.05, 3.63) is 59.6 Å². The van der Waals surface area contributed by atoms with Crippen LogP contribution in [0.4, 0.5) is 5.69 Å². The highest BCUT2D eigenvalue weighted by Crippen LogP contribution is 2.27. The molecule has 2 heterocycles. The van der Waals surface area contributed by atoms with Gasteiger partial charge in [0.25, 0.3) is 0 Å². The monoisotopic (exact) mass is 302 g/mol. The number of benzene rings is 1. The fraction of sp³-hybridized carbons (Fsp3) is 0.188. The molecule has 0 amide bonds. The first-order chi connectivity index (χ1) is 10.1. The summed E-state index contributed by atoms with van der Waals surface area (Å²) in [6.07, 6.45) is 3.27. The Morgan fingerprint density at radius 1 is 1.33 bits per heavy atom. The molecule has 0 saturated heterocycles. The Bertz CT molecular complexity index is 754. The van der Waals surface area contributed by atoms with Gasteiger partial charge >= 0.3 is 0 Å². The quantitative estimate of drug-likeness (QED) is 0.769. The molecule has 0 aliphatic heterocycles. The molecule has 2 N–H and O–H groups in total. The van der Waals surface area contributed by atoms with Crippen molar-refractivity contribution >= 4 is 28.2 Å². The van der Waals surface area contributed by atoms with E-state index in [2.05, 4.69) is 10.3 Å². The first-order valence-electron chi connectivity index (χ1n) is 6.61. The maximum atomic E-state index is 10.5. The van der Waals surface area contributed by atoms with Gasteiger partial charge in [-0.05, 0) is 43.3 Å². The van der Waals surface area contributed by atoms with E-state index in [0.717, 1.165) is 16.6 Å². The van der Waals surface area contributed by atoms with E-state index in [9.17, 15) is 5.11 Å². The lowest BCUT2D eigenvalue weighted by Gasteiger charge is -2.22. The van der Waals surface area contributed by atoms with Crippen LogP contribution in [0.5, 0.6) is 0 Å². The molecule has 0 aliphatic carbocycles. The zero-order valence-corrected chi connectivity index (χ0v) is 12.3. The predicted octanol–water partition coefficient (Wildman–Crippen LogP) is 3.80. The van der Waals surface area contributed by atoms with E-state index in [-0.39, 0.29) is 0 Å². The van der Waals surface area contributed by atoms with Gasteiger partial charge < -0.3 is 14.8 Å². The van der Waals surface area contributed by atoms with Crippen molar-refractivity contribution in [2.45, 2.75) is 12.5 Å². The minimum atomic E-state index is -1.10. The summed E-state index contributed by atoms with van der Waals surface area (Å²) in [5.74, 6) is 0.520. The number of nitrogens with zero attached hydrogens (tertiary/aromatic N) is 1. The number of nitrogens with one attached hydrogen (secondary N) is 1. The molecule has 0 radical (unpaired) electrons. The van der Waals surface area contributed by atoms with Gasteiger partial charge in [0, 0.05) is 22.3 Å². The van der Waals surface area contributed by atoms with Crippen LogP contribution in [0.3, 0.4) is 0 Å². The van der Waals surface area contributed by atoms with Gasteiger partial charge in [0.1, 0.15) is 11.4 Å². The molecule has 1 unspecified atom stereocenters. The summed E-state index contributed by atoms with van der Waals surface area (Å²) in [5.41, 5.74) is 0.619. The Labute approximate surface area is 127 Å². The molecule has 5 heteroatoms. The van der Waals surface area contributed by atoms with E-state index in [1.807, 2.05) is 18.2 Å². The van der Waals surface area contributed by atoms with Crippen molar-refractivity contribution in [1.82, 2.24) is 4.98 Å². The summed E-state index contributed by atoms with van der Waals surface area (Å²) in [7, 11) is 0. The Balaban J connectivity index is 1.87. The number of halogens is 1. The van der Waals surface area contributed by atoms with Gasteiger partial charge in [-0.15, -0.1) is 0 Å². The number of aromatic nitrogens is 1. The zero-order valence-electron chi connectivity index (χ0n) is 11.5. The van der Waals surface area contributed by atoms with Crippen LogP contribution in [0.1, 0.15) is 12.7 Å². The molecular weight excluding hydrogens is 288 g/mol. The minimum Gasteiger partial charge on any atom is -0.466 e. The second kappa shape index (κ2) is 5.39. The third-order valence-electron chi connectivity index (χ3n) is 3.38. The summed E-state index contributed by atoms with van der Waals surface area (Å²) in [5, 5.41) is 15.3. The van der Waals surface area contributed by atoms with Gasteiger partial charge in [0.15, 0.2) is 0 Å². The highest BCUT2D eigenvalue weighted by atomic mass is 35.5. The molecule has 1 aromatic carbocycles. The fourth-order valence-corrected chi connectivity index (χ4v) is 2.38. The Kier molecular flexibility index (Phi) is 3.57. The molecule has 0 aliphatic rings. The van der Waals surface area contributed by atoms with Gasteiger partial charge in [-0.25, -0.2) is 0 Å². The van der Waals surface area contributed by atoms with E-state index in [4.69, 9.17) is 16.0 Å². The molecule has 0 bridgehead atoms. The van der Waals surface area contributed by atoms with Crippen LogP contribution in [-0.4, -0.2) is 16.6 Å². The van der Waals surface area contributed by atoms with Crippen molar-refractivity contribution in [2.75, 3.05) is 11.9 Å². The third kappa shape index (κ3) is 2.86. The number of hydrogen-bond acceptors (Lipinski definition) is 4. The summed E-state index contributed by atoms with van der Waals surface area (Å²) in [6.45, 7) is 2.02. The van der Waals surface area contributed by atoms with Gasteiger partial charge in [0.05, 0.1) is 18.3 Å². The van der Waals surface area contributed by atoms with Gasteiger partial charge in [-0.1, -0.05) is 11.6 Å². The number of furan rings is 1. The van der Waals surface area contributed by atoms with E-state index in [1.54, 1.807) is 37.6 Å². The highest BCUT2D eigenvalue weighted by Gasteiger charge is 2.26. The van der Waals surface area contributed by atoms with Gasteiger partial charge in [-0.3, -0.25) is 4.98 Å². The molecule has 4 nitrogen and oxygen atoms in total. The van der Waals surface area contributed by atoms with Crippen molar-refractivity contribution in [1.29, 1.82) is 0 Å². The lowest BCUT2D eigenvalue weighted by Crippen LogP contribution is -2.30. The molecule has 108 valence electrons. The third-order valence-corrected chi connectivity index (χ3v) is 3.61. The summed E-state index contributed by atoms with van der Waals surface area (Å²) >= 11 is 6.04. The summed E-state index contributed by atoms with van der Waals surface area (Å²) in [6, 6.07) is 10.9. The van der Waals surface area contributed by atoms with Crippen molar-refractivity contribution in [3.8, 4) is 0 Å². The van der Waals surface area contributed by atoms with E-state index in [1.165, 1.54) is 0 Å². The van der Waals surface area contributed by atoms with Crippen LogP contribution in [0, 0.1) is 0 Å². The molecule has 1 atom stereocenters. The van der Waals surface area contributed by atoms with Crippen LogP contribution in [-0.2, 0) is 5.60 Å². The number of fused-ring (bicyclic) bond motifs is 1. The molecule has 0 fully saturated rings. The SMILES string of the molecule is CC(O)(CNc1ccnc2ccc(Cl)cc12)c1ccco1. The van der Waals surface area contributed by atoms with Crippen LogP contribution < -0.4 is 5.32 Å². The molecule has 3 rings (SSSR count). The number of anilines is 1. The highest BCUT2D eigenvalue weighted by molar-refractivity contribution is 6.31. The van der Waals surface area contributed by atoms with E-state index < -0.39 is 5.60 Å². The fourth-order valence-electron chi connectivity index (χ4n) is 2.21. The average molecular weight is 303 g/mol. The molecular formula is C16H15ClN2O2. The van der Waals surface area contributed by atoms with Crippen LogP contribution >= 0.6 is 11.6 Å². The smallest absolute Gasteiger partial charge is 0.136 e. The van der Waals surface area contributed by atoms with E-state index >= 15 is 0 Å². The van der Waals surface area contributed by atoms with Crippen LogP contribution in [0.15, 0.2) is 53.3 Å². The van der Waals surface area contributed by atoms with Crippen molar-refractivity contribution < 1.29 is 9.52 Å². The Hall–Kier alpha value is -2.04. The first kappa shape index (κ1) is 13.9. The van der Waals surface area contributed by atoms with Crippen LogP contribution in [0.25, 0.3) is 10.9 Å². The number of pyridine rings is 1. The molecule has 21 heavy (non-hydrogen) atoms. The van der Waals surface area contributed by atoms with E-state index in [0.29, 0.717) is 17.3 Å². The standard InChI is InChI=1S/C16H15ClN2O2/c1-16(20,15-3-2-8-21-15)10-19-14-6-7-18-13-5-4-11(17)9-12(13)14/h2-9,20H,10H2,1H3,(H,18,19). The molecule has 0 saturated carbocycles. The normalized spacial score (nSPS) is 14.0. The van der Waals surface area contributed by atoms with Gasteiger partial charge in [0.2, 0.25) is 0 Å². The van der Waals surface area contributed by atoms with Crippen molar-refractivity contribution in [3.63, 3.8) is 0 Å². The summed E-state index contributed by atoms with van der Waals surface area (Å²) < 4.78 is 5.27. The average Bonchev–Trinajstić information content (AvgIpc) is 3.00. The number of rotatable bonds is 4. The van der Waals surface area contributed by atoms with Crippen molar-refractivity contribution in [2.24, 2.45) is 0 Å². The summed E-state index contributed by atoms with van der Waals surface area (Å²) in [4.78, 5) is 4.30. The van der Waals surface area contributed by atoms with Gasteiger partial charge in [-0.2, -0.15) is 0 Å². The lowest BCUT2D eigenvalue weighted by molar-refractivity contribution is 0.0477. The molecule has 2 aromatic heterocycles. The largest absolute Gasteiger partial charge is 0.466 e. The zero-order chi connectivity index (χ0) is 14.9. The number of aliphatic hydroxyl groups is 1. The topological polar surface area (TPSA) is 58.3 Å². The maximum absolute atomic E-state index is 10.5. The second-order valence-corrected chi connectivity index (χ2v) is 5.56. The first-order valence-corrected chi connectivity index (χ1v) is 6.98. The maximum Gasteiger partial charge on any atom is 0.136 e. The second-order valence-electron chi connectivity index (χ2n) is 5.12. The lowest BCUT2D eigenvalue weighted by atomic mass is 10.0.